The fraction of sp³-hybridized carbons (Fsp3) is 0.714. The molecular weight excluding hydrogens is 356 g/mol. The summed E-state index contributed by atoms with van der Waals surface area (Å²) in [4.78, 5) is 47.6. The number of hydrogen-bond acceptors (Lipinski definition) is 9. The lowest BCUT2D eigenvalue weighted by Crippen LogP contribution is -2.49. The molecule has 0 aliphatic carbocycles. The number of nitrogens with two attached hydrogens (primary N) is 1. The van der Waals surface area contributed by atoms with Gasteiger partial charge in [-0.15, -0.1) is 0 Å². The van der Waals surface area contributed by atoms with Gasteiger partial charge in [-0.2, -0.15) is 0 Å². The van der Waals surface area contributed by atoms with Crippen LogP contribution < -0.4 is 5.73 Å². The fourth-order valence-electron chi connectivity index (χ4n) is 1.70. The molecule has 10 heteroatoms. The van der Waals surface area contributed by atoms with E-state index in [2.05, 4.69) is 0 Å². The monoisotopic (exact) mass is 380 g/mol. The summed E-state index contributed by atoms with van der Waals surface area (Å²) in [7, 11) is 2.48. The summed E-state index contributed by atoms with van der Waals surface area (Å²) < 4.78 is 9.72. The Labute approximate surface area is 149 Å². The van der Waals surface area contributed by atoms with Crippen LogP contribution in [0.3, 0.4) is 0 Å². The van der Waals surface area contributed by atoms with Gasteiger partial charge in [0.1, 0.15) is 12.1 Å². The number of ether oxygens (including phenoxy) is 2. The van der Waals surface area contributed by atoms with E-state index in [0.29, 0.717) is 0 Å². The summed E-state index contributed by atoms with van der Waals surface area (Å²) in [6.45, 7) is 6.14. The number of amides is 2. The van der Waals surface area contributed by atoms with E-state index in [1.165, 1.54) is 35.4 Å². The van der Waals surface area contributed by atoms with Crippen molar-refractivity contribution in [3.05, 3.63) is 0 Å². The standard InChI is InChI=1S/C14H24N2O6S2/c1-5-21-13(19)11(15)7-23-24-8-12(14(20)22-6-2)16(9(3)17)10(4)18/h11-12H,5-8,15H2,1-4H3/t11-,12-/m0/s1. The Morgan fingerprint density at radius 2 is 1.38 bits per heavy atom. The van der Waals surface area contributed by atoms with Crippen LogP contribution in [0.25, 0.3) is 0 Å². The third-order valence-corrected chi connectivity index (χ3v) is 5.13. The Morgan fingerprint density at radius 1 is 0.917 bits per heavy atom. The van der Waals surface area contributed by atoms with Crippen molar-refractivity contribution in [1.82, 2.24) is 4.90 Å². The maximum Gasteiger partial charge on any atom is 0.330 e. The van der Waals surface area contributed by atoms with Gasteiger partial charge in [-0.25, -0.2) is 4.79 Å². The van der Waals surface area contributed by atoms with E-state index >= 15 is 0 Å². The number of esters is 2. The highest BCUT2D eigenvalue weighted by Gasteiger charge is 2.32. The minimum atomic E-state index is -1.02. The molecule has 0 spiro atoms. The first-order chi connectivity index (χ1) is 11.3. The molecular formula is C14H24N2O6S2. The van der Waals surface area contributed by atoms with Gasteiger partial charge in [-0.05, 0) is 13.8 Å². The summed E-state index contributed by atoms with van der Waals surface area (Å²) in [5.41, 5.74) is 5.66. The number of carbonyl (C=O) groups excluding carboxylic acids is 4. The number of hydrogen-bond donors (Lipinski definition) is 1. The van der Waals surface area contributed by atoms with E-state index < -0.39 is 35.8 Å². The van der Waals surface area contributed by atoms with E-state index in [1.54, 1.807) is 13.8 Å². The molecule has 2 amide bonds. The fourth-order valence-corrected chi connectivity index (χ4v) is 3.99. The third kappa shape index (κ3) is 8.02. The van der Waals surface area contributed by atoms with E-state index in [9.17, 15) is 19.2 Å². The number of carbonyl (C=O) groups is 4. The Balaban J connectivity index is 4.68. The second kappa shape index (κ2) is 12.2. The van der Waals surface area contributed by atoms with Crippen molar-refractivity contribution in [3.8, 4) is 0 Å². The second-order valence-corrected chi connectivity index (χ2v) is 7.16. The first-order valence-electron chi connectivity index (χ1n) is 7.39. The molecule has 24 heavy (non-hydrogen) atoms. The first kappa shape index (κ1) is 22.7. The molecule has 2 atom stereocenters. The SMILES string of the molecule is CCOC(=O)[C@@H](N)CSSC[C@@H](C(=O)OCC)N(C(C)=O)C(C)=O. The maximum atomic E-state index is 12.0. The summed E-state index contributed by atoms with van der Waals surface area (Å²) in [6, 6.07) is -1.79. The zero-order chi connectivity index (χ0) is 18.7. The Kier molecular flexibility index (Phi) is 11.5. The lowest BCUT2D eigenvalue weighted by molar-refractivity contribution is -0.158. The molecule has 0 bridgehead atoms. The van der Waals surface area contributed by atoms with Crippen LogP contribution in [0, 0.1) is 0 Å². The molecule has 0 aliphatic heterocycles. The van der Waals surface area contributed by atoms with Gasteiger partial charge < -0.3 is 15.2 Å². The number of imide groups is 1. The summed E-state index contributed by atoms with van der Waals surface area (Å²) in [6.07, 6.45) is 0. The van der Waals surface area contributed by atoms with E-state index in [4.69, 9.17) is 15.2 Å². The molecule has 0 fully saturated rings. The van der Waals surface area contributed by atoms with Gasteiger partial charge in [0, 0.05) is 25.4 Å². The van der Waals surface area contributed by atoms with Crippen molar-refractivity contribution in [1.29, 1.82) is 0 Å². The van der Waals surface area contributed by atoms with Crippen LogP contribution in [-0.4, -0.2) is 65.5 Å². The Morgan fingerprint density at radius 3 is 1.83 bits per heavy atom. The summed E-state index contributed by atoms with van der Waals surface area (Å²) in [5, 5.41) is 0. The molecule has 0 radical (unpaired) electrons. The largest absolute Gasteiger partial charge is 0.465 e. The smallest absolute Gasteiger partial charge is 0.330 e. The number of nitrogens with zero attached hydrogens (tertiary/aromatic N) is 1. The molecule has 138 valence electrons. The van der Waals surface area contributed by atoms with Crippen LogP contribution in [-0.2, 0) is 28.7 Å². The van der Waals surface area contributed by atoms with Crippen LogP contribution in [0.2, 0.25) is 0 Å². The molecule has 0 rings (SSSR count). The molecule has 8 nitrogen and oxygen atoms in total. The number of rotatable bonds is 10. The van der Waals surface area contributed by atoms with Gasteiger partial charge in [0.05, 0.1) is 13.2 Å². The van der Waals surface area contributed by atoms with Gasteiger partial charge in [0.2, 0.25) is 11.8 Å². The van der Waals surface area contributed by atoms with Crippen LogP contribution in [0.4, 0.5) is 0 Å². The van der Waals surface area contributed by atoms with E-state index in [-0.39, 0.29) is 24.7 Å². The molecule has 0 saturated heterocycles. The molecule has 0 unspecified atom stereocenters. The highest BCUT2D eigenvalue weighted by atomic mass is 33.1. The van der Waals surface area contributed by atoms with Gasteiger partial charge in [0.25, 0.3) is 0 Å². The second-order valence-electron chi connectivity index (χ2n) is 4.60. The molecule has 0 aromatic rings. The van der Waals surface area contributed by atoms with Gasteiger partial charge >= 0.3 is 11.9 Å². The maximum absolute atomic E-state index is 12.0. The molecule has 2 N–H and O–H groups in total. The molecule has 0 saturated carbocycles. The van der Waals surface area contributed by atoms with Crippen molar-refractivity contribution in [3.63, 3.8) is 0 Å². The Bertz CT molecular complexity index is 447. The predicted octanol–water partition coefficient (Wildman–Crippen LogP) is 0.585. The van der Waals surface area contributed by atoms with Crippen molar-refractivity contribution in [2.75, 3.05) is 24.7 Å². The topological polar surface area (TPSA) is 116 Å². The van der Waals surface area contributed by atoms with Crippen LogP contribution in [0.15, 0.2) is 0 Å². The molecule has 0 heterocycles. The van der Waals surface area contributed by atoms with Crippen molar-refractivity contribution < 1.29 is 28.7 Å². The molecule has 0 aromatic heterocycles. The minimum Gasteiger partial charge on any atom is -0.465 e. The highest BCUT2D eigenvalue weighted by molar-refractivity contribution is 8.76. The van der Waals surface area contributed by atoms with Gasteiger partial charge in [0.15, 0.2) is 0 Å². The minimum absolute atomic E-state index is 0.137. The third-order valence-electron chi connectivity index (χ3n) is 2.70. The lowest BCUT2D eigenvalue weighted by atomic mass is 10.2. The van der Waals surface area contributed by atoms with Gasteiger partial charge in [-0.1, -0.05) is 21.6 Å². The van der Waals surface area contributed by atoms with Crippen LogP contribution in [0.1, 0.15) is 27.7 Å². The highest BCUT2D eigenvalue weighted by Crippen LogP contribution is 2.25. The van der Waals surface area contributed by atoms with Crippen molar-refractivity contribution in [2.24, 2.45) is 5.73 Å². The van der Waals surface area contributed by atoms with E-state index in [1.807, 2.05) is 0 Å². The lowest BCUT2D eigenvalue weighted by Gasteiger charge is -2.26. The zero-order valence-electron chi connectivity index (χ0n) is 14.3. The van der Waals surface area contributed by atoms with Crippen molar-refractivity contribution in [2.45, 2.75) is 39.8 Å². The van der Waals surface area contributed by atoms with Gasteiger partial charge in [-0.3, -0.25) is 19.3 Å². The summed E-state index contributed by atoms with van der Waals surface area (Å²) in [5.74, 6) is -1.80. The first-order valence-corrected chi connectivity index (χ1v) is 9.88. The quantitative estimate of drug-likeness (QED) is 0.330. The zero-order valence-corrected chi connectivity index (χ0v) is 15.9. The van der Waals surface area contributed by atoms with Crippen molar-refractivity contribution >= 4 is 45.3 Å². The normalized spacial score (nSPS) is 12.9. The summed E-state index contributed by atoms with van der Waals surface area (Å²) >= 11 is 0. The average molecular weight is 380 g/mol. The average Bonchev–Trinajstić information content (AvgIpc) is 2.49. The van der Waals surface area contributed by atoms with Crippen LogP contribution in [0.5, 0.6) is 0 Å². The van der Waals surface area contributed by atoms with Crippen LogP contribution >= 0.6 is 21.6 Å². The molecule has 0 aromatic carbocycles. The predicted molar refractivity (Wildman–Crippen MR) is 93.1 cm³/mol. The molecule has 0 aliphatic rings. The van der Waals surface area contributed by atoms with E-state index in [0.717, 1.165) is 4.90 Å². The Hall–Kier alpha value is -1.26.